The molecule has 1 aliphatic rings. The molecule has 1 aromatic rings. The SMILES string of the molecule is CCN(CC(=O)O)C1CC(NC(=O)CCc2cc(OC)cc(OC)c2)C1. The molecule has 1 fully saturated rings. The minimum atomic E-state index is -0.812. The van der Waals surface area contributed by atoms with E-state index in [1.54, 1.807) is 20.3 Å². The molecule has 0 heterocycles. The van der Waals surface area contributed by atoms with E-state index in [0.717, 1.165) is 18.4 Å². The molecule has 0 aromatic heterocycles. The Kier molecular flexibility index (Phi) is 7.26. The summed E-state index contributed by atoms with van der Waals surface area (Å²) in [5, 5.41) is 11.9. The normalized spacial score (nSPS) is 18.9. The number of carbonyl (C=O) groups is 2. The topological polar surface area (TPSA) is 88.1 Å². The average Bonchev–Trinajstić information content (AvgIpc) is 2.60. The fourth-order valence-corrected chi connectivity index (χ4v) is 3.25. The van der Waals surface area contributed by atoms with Crippen LogP contribution in [0.5, 0.6) is 11.5 Å². The van der Waals surface area contributed by atoms with Gasteiger partial charge in [0.25, 0.3) is 0 Å². The molecule has 1 saturated carbocycles. The highest BCUT2D eigenvalue weighted by Crippen LogP contribution is 2.26. The zero-order valence-electron chi connectivity index (χ0n) is 15.7. The van der Waals surface area contributed by atoms with Gasteiger partial charge in [-0.25, -0.2) is 0 Å². The minimum Gasteiger partial charge on any atom is -0.497 e. The van der Waals surface area contributed by atoms with Gasteiger partial charge < -0.3 is 19.9 Å². The molecule has 26 heavy (non-hydrogen) atoms. The minimum absolute atomic E-state index is 0.0107. The predicted molar refractivity (Wildman–Crippen MR) is 97.7 cm³/mol. The molecule has 1 amide bonds. The van der Waals surface area contributed by atoms with Crippen LogP contribution in [0.4, 0.5) is 0 Å². The van der Waals surface area contributed by atoms with Crippen molar-refractivity contribution in [3.05, 3.63) is 23.8 Å². The number of amides is 1. The number of benzene rings is 1. The summed E-state index contributed by atoms with van der Waals surface area (Å²) >= 11 is 0. The van der Waals surface area contributed by atoms with Gasteiger partial charge in [-0.05, 0) is 43.5 Å². The number of carbonyl (C=O) groups excluding carboxylic acids is 1. The highest BCUT2D eigenvalue weighted by Gasteiger charge is 2.34. The van der Waals surface area contributed by atoms with Crippen LogP contribution in [0, 0.1) is 0 Å². The second kappa shape index (κ2) is 9.43. The summed E-state index contributed by atoms with van der Waals surface area (Å²) in [7, 11) is 3.20. The molecule has 7 heteroatoms. The molecule has 0 unspecified atom stereocenters. The molecule has 7 nitrogen and oxygen atoms in total. The van der Waals surface area contributed by atoms with Gasteiger partial charge in [0, 0.05) is 24.6 Å². The Morgan fingerprint density at radius 1 is 1.19 bits per heavy atom. The predicted octanol–water partition coefficient (Wildman–Crippen LogP) is 1.69. The molecule has 1 aliphatic carbocycles. The van der Waals surface area contributed by atoms with Crippen molar-refractivity contribution in [3.63, 3.8) is 0 Å². The molecule has 144 valence electrons. The number of carboxylic acids is 1. The summed E-state index contributed by atoms with van der Waals surface area (Å²) in [5.41, 5.74) is 0.987. The molecule has 0 radical (unpaired) electrons. The van der Waals surface area contributed by atoms with Gasteiger partial charge in [0.2, 0.25) is 5.91 Å². The maximum absolute atomic E-state index is 12.2. The Bertz CT molecular complexity index is 606. The molecule has 0 spiro atoms. The van der Waals surface area contributed by atoms with E-state index in [4.69, 9.17) is 14.6 Å². The van der Waals surface area contributed by atoms with Gasteiger partial charge in [0.15, 0.2) is 0 Å². The van der Waals surface area contributed by atoms with Gasteiger partial charge >= 0.3 is 5.97 Å². The monoisotopic (exact) mass is 364 g/mol. The number of carboxylic acid groups (broad SMARTS) is 1. The number of likely N-dealkylation sites (N-methyl/N-ethyl adjacent to an activating group) is 1. The Labute approximate surface area is 154 Å². The molecule has 1 aromatic carbocycles. The number of hydrogen-bond donors (Lipinski definition) is 2. The summed E-state index contributed by atoms with van der Waals surface area (Å²) in [6.45, 7) is 2.71. The maximum Gasteiger partial charge on any atom is 0.317 e. The van der Waals surface area contributed by atoms with Crippen molar-refractivity contribution in [2.45, 2.75) is 44.7 Å². The van der Waals surface area contributed by atoms with Crippen molar-refractivity contribution in [2.75, 3.05) is 27.3 Å². The Morgan fingerprint density at radius 2 is 1.81 bits per heavy atom. The molecule has 2 rings (SSSR count). The van der Waals surface area contributed by atoms with E-state index in [1.165, 1.54) is 0 Å². The summed E-state index contributed by atoms with van der Waals surface area (Å²) < 4.78 is 10.5. The molecular weight excluding hydrogens is 336 g/mol. The molecular formula is C19H28N2O5. The van der Waals surface area contributed by atoms with Crippen molar-refractivity contribution in [3.8, 4) is 11.5 Å². The summed E-state index contributed by atoms with van der Waals surface area (Å²) in [5.74, 6) is 0.615. The highest BCUT2D eigenvalue weighted by molar-refractivity contribution is 5.76. The second-order valence-corrected chi connectivity index (χ2v) is 6.57. The molecule has 0 saturated heterocycles. The van der Waals surface area contributed by atoms with Gasteiger partial charge in [-0.3, -0.25) is 14.5 Å². The Morgan fingerprint density at radius 3 is 2.31 bits per heavy atom. The third-order valence-electron chi connectivity index (χ3n) is 4.79. The van der Waals surface area contributed by atoms with Crippen LogP contribution in [0.15, 0.2) is 18.2 Å². The first-order valence-electron chi connectivity index (χ1n) is 8.92. The first-order valence-corrected chi connectivity index (χ1v) is 8.92. The van der Waals surface area contributed by atoms with E-state index < -0.39 is 5.97 Å². The van der Waals surface area contributed by atoms with Crippen LogP contribution in [-0.4, -0.2) is 61.3 Å². The smallest absolute Gasteiger partial charge is 0.317 e. The maximum atomic E-state index is 12.2. The third kappa shape index (κ3) is 5.62. The number of methoxy groups -OCH3 is 2. The summed E-state index contributed by atoms with van der Waals surface area (Å²) in [4.78, 5) is 25.0. The van der Waals surface area contributed by atoms with E-state index in [2.05, 4.69) is 5.32 Å². The molecule has 0 aliphatic heterocycles. The number of ether oxygens (including phenoxy) is 2. The van der Waals surface area contributed by atoms with Gasteiger partial charge in [-0.1, -0.05) is 6.92 Å². The van der Waals surface area contributed by atoms with Crippen molar-refractivity contribution in [1.29, 1.82) is 0 Å². The number of hydrogen-bond acceptors (Lipinski definition) is 5. The van der Waals surface area contributed by atoms with Gasteiger partial charge in [-0.15, -0.1) is 0 Å². The van der Waals surface area contributed by atoms with Crippen molar-refractivity contribution < 1.29 is 24.2 Å². The van der Waals surface area contributed by atoms with E-state index in [-0.39, 0.29) is 24.5 Å². The lowest BCUT2D eigenvalue weighted by Crippen LogP contribution is -2.54. The first-order chi connectivity index (χ1) is 12.4. The van der Waals surface area contributed by atoms with Gasteiger partial charge in [0.1, 0.15) is 11.5 Å². The Hall–Kier alpha value is -2.28. The average molecular weight is 364 g/mol. The largest absolute Gasteiger partial charge is 0.497 e. The van der Waals surface area contributed by atoms with Crippen LogP contribution in [0.25, 0.3) is 0 Å². The first kappa shape index (κ1) is 20.0. The fraction of sp³-hybridized carbons (Fsp3) is 0.579. The van der Waals surface area contributed by atoms with Crippen molar-refractivity contribution in [1.82, 2.24) is 10.2 Å². The van der Waals surface area contributed by atoms with Crippen LogP contribution in [0.3, 0.4) is 0 Å². The summed E-state index contributed by atoms with van der Waals surface area (Å²) in [6.07, 6.45) is 2.61. The van der Waals surface area contributed by atoms with E-state index >= 15 is 0 Å². The number of aliphatic carboxylic acids is 1. The van der Waals surface area contributed by atoms with E-state index in [1.807, 2.05) is 24.0 Å². The van der Waals surface area contributed by atoms with Crippen LogP contribution in [0.2, 0.25) is 0 Å². The van der Waals surface area contributed by atoms with Crippen LogP contribution < -0.4 is 14.8 Å². The van der Waals surface area contributed by atoms with E-state index in [0.29, 0.717) is 30.9 Å². The standard InChI is InChI=1S/C19H28N2O5/c1-4-21(12-19(23)24)15-9-14(10-15)20-18(22)6-5-13-7-16(25-2)11-17(8-13)26-3/h7-8,11,14-15H,4-6,9-10,12H2,1-3H3,(H,20,22)(H,23,24). The van der Waals surface area contributed by atoms with Crippen LogP contribution in [-0.2, 0) is 16.0 Å². The Balaban J connectivity index is 1.76. The van der Waals surface area contributed by atoms with Gasteiger partial charge in [0.05, 0.1) is 20.8 Å². The fourth-order valence-electron chi connectivity index (χ4n) is 3.25. The van der Waals surface area contributed by atoms with Crippen molar-refractivity contribution >= 4 is 11.9 Å². The molecule has 0 atom stereocenters. The molecule has 2 N–H and O–H groups in total. The lowest BCUT2D eigenvalue weighted by Gasteiger charge is -2.42. The third-order valence-corrected chi connectivity index (χ3v) is 4.79. The van der Waals surface area contributed by atoms with Crippen LogP contribution >= 0.6 is 0 Å². The van der Waals surface area contributed by atoms with Crippen LogP contribution in [0.1, 0.15) is 31.7 Å². The van der Waals surface area contributed by atoms with Gasteiger partial charge in [-0.2, -0.15) is 0 Å². The summed E-state index contributed by atoms with van der Waals surface area (Å²) in [6, 6.07) is 5.98. The number of nitrogens with zero attached hydrogens (tertiary/aromatic N) is 1. The second-order valence-electron chi connectivity index (χ2n) is 6.57. The van der Waals surface area contributed by atoms with Crippen molar-refractivity contribution in [2.24, 2.45) is 0 Å². The quantitative estimate of drug-likeness (QED) is 0.657. The zero-order chi connectivity index (χ0) is 19.1. The lowest BCUT2D eigenvalue weighted by molar-refractivity contribution is -0.139. The van der Waals surface area contributed by atoms with E-state index in [9.17, 15) is 9.59 Å². The number of rotatable bonds is 10. The molecule has 0 bridgehead atoms. The number of aryl methyl sites for hydroxylation is 1. The lowest BCUT2D eigenvalue weighted by atomic mass is 9.85. The number of nitrogens with one attached hydrogen (secondary N) is 1. The highest BCUT2D eigenvalue weighted by atomic mass is 16.5. The zero-order valence-corrected chi connectivity index (χ0v) is 15.7.